The Bertz CT molecular complexity index is 958. The first kappa shape index (κ1) is 21.1. The number of hydrogen-bond acceptors (Lipinski definition) is 4. The number of pyridine rings is 1. The average molecular weight is 418 g/mol. The maximum absolute atomic E-state index is 4.37. The minimum atomic E-state index is 0.658. The van der Waals surface area contributed by atoms with Gasteiger partial charge in [0.1, 0.15) is 0 Å². The Balaban J connectivity index is 1.25. The van der Waals surface area contributed by atoms with E-state index in [-0.39, 0.29) is 0 Å². The summed E-state index contributed by atoms with van der Waals surface area (Å²) < 4.78 is 1.76. The fourth-order valence-corrected chi connectivity index (χ4v) is 3.83. The third-order valence-corrected chi connectivity index (χ3v) is 5.57. The van der Waals surface area contributed by atoms with Gasteiger partial charge in [-0.05, 0) is 60.8 Å². The van der Waals surface area contributed by atoms with Crippen LogP contribution in [0.4, 0.5) is 0 Å². The first-order valence-corrected chi connectivity index (χ1v) is 11.0. The predicted octanol–water partition coefficient (Wildman–Crippen LogP) is 3.12. The zero-order chi connectivity index (χ0) is 21.3. The maximum Gasteiger partial charge on any atom is 0.191 e. The van der Waals surface area contributed by atoms with Crippen LogP contribution in [0.25, 0.3) is 5.82 Å². The molecule has 31 heavy (non-hydrogen) atoms. The Hall–Kier alpha value is -3.19. The number of guanidine groups is 1. The third kappa shape index (κ3) is 6.15. The largest absolute Gasteiger partial charge is 0.352 e. The molecular formula is C24H31N7. The molecule has 2 aromatic heterocycles. The molecule has 0 atom stereocenters. The molecule has 1 aliphatic heterocycles. The minimum absolute atomic E-state index is 0.658. The van der Waals surface area contributed by atoms with Crippen LogP contribution in [-0.2, 0) is 19.6 Å². The highest BCUT2D eigenvalue weighted by Crippen LogP contribution is 2.13. The van der Waals surface area contributed by atoms with E-state index in [2.05, 4.69) is 54.9 Å². The Morgan fingerprint density at radius 2 is 1.68 bits per heavy atom. The van der Waals surface area contributed by atoms with Crippen molar-refractivity contribution >= 4 is 5.96 Å². The molecule has 3 aromatic rings. The van der Waals surface area contributed by atoms with Gasteiger partial charge in [0, 0.05) is 45.3 Å². The molecule has 1 fully saturated rings. The lowest BCUT2D eigenvalue weighted by Crippen LogP contribution is -2.36. The van der Waals surface area contributed by atoms with Crippen LogP contribution >= 0.6 is 0 Å². The summed E-state index contributed by atoms with van der Waals surface area (Å²) in [5.41, 5.74) is 3.75. The molecule has 0 amide bonds. The van der Waals surface area contributed by atoms with E-state index in [1.165, 1.54) is 43.5 Å². The van der Waals surface area contributed by atoms with E-state index >= 15 is 0 Å². The molecule has 1 aromatic carbocycles. The van der Waals surface area contributed by atoms with Crippen LogP contribution in [0.2, 0.25) is 0 Å². The van der Waals surface area contributed by atoms with Gasteiger partial charge in [0.05, 0.1) is 0 Å². The minimum Gasteiger partial charge on any atom is -0.352 e. The number of likely N-dealkylation sites (tertiary alicyclic amines) is 1. The van der Waals surface area contributed by atoms with Crippen molar-refractivity contribution in [2.45, 2.75) is 38.9 Å². The molecule has 0 bridgehead atoms. The van der Waals surface area contributed by atoms with Crippen LogP contribution in [0.1, 0.15) is 36.0 Å². The molecule has 4 rings (SSSR count). The van der Waals surface area contributed by atoms with Gasteiger partial charge in [0.15, 0.2) is 11.8 Å². The second-order valence-corrected chi connectivity index (χ2v) is 7.91. The van der Waals surface area contributed by atoms with Gasteiger partial charge in [0.25, 0.3) is 0 Å². The zero-order valence-corrected chi connectivity index (χ0v) is 18.2. The highest BCUT2D eigenvalue weighted by Gasteiger charge is 2.10. The number of aromatic nitrogens is 3. The van der Waals surface area contributed by atoms with Crippen LogP contribution < -0.4 is 10.6 Å². The van der Waals surface area contributed by atoms with Gasteiger partial charge in [-0.25, -0.2) is 9.67 Å². The molecule has 1 saturated heterocycles. The Morgan fingerprint density at radius 1 is 0.935 bits per heavy atom. The van der Waals surface area contributed by atoms with E-state index in [0.29, 0.717) is 6.54 Å². The number of aliphatic imine (C=N–C) groups is 1. The molecule has 0 saturated carbocycles. The van der Waals surface area contributed by atoms with Gasteiger partial charge < -0.3 is 10.6 Å². The van der Waals surface area contributed by atoms with Crippen molar-refractivity contribution in [3.05, 3.63) is 77.7 Å². The van der Waals surface area contributed by atoms with Crippen LogP contribution in [-0.4, -0.2) is 45.8 Å². The van der Waals surface area contributed by atoms with Crippen LogP contribution in [0.3, 0.4) is 0 Å². The molecular weight excluding hydrogens is 386 g/mol. The first-order valence-electron chi connectivity index (χ1n) is 11.0. The summed E-state index contributed by atoms with van der Waals surface area (Å²) in [4.78, 5) is 11.3. The number of benzene rings is 1. The van der Waals surface area contributed by atoms with E-state index in [1.54, 1.807) is 24.1 Å². The van der Waals surface area contributed by atoms with Gasteiger partial charge >= 0.3 is 0 Å². The summed E-state index contributed by atoms with van der Waals surface area (Å²) in [7, 11) is 1.79. The summed E-state index contributed by atoms with van der Waals surface area (Å²) in [6.45, 7) is 4.91. The summed E-state index contributed by atoms with van der Waals surface area (Å²) in [6.07, 6.45) is 9.48. The Labute approximate surface area is 184 Å². The predicted molar refractivity (Wildman–Crippen MR) is 124 cm³/mol. The molecule has 162 valence electrons. The number of nitrogens with zero attached hydrogens (tertiary/aromatic N) is 5. The highest BCUT2D eigenvalue weighted by molar-refractivity contribution is 5.79. The van der Waals surface area contributed by atoms with E-state index < -0.39 is 0 Å². The first-order chi connectivity index (χ1) is 15.3. The van der Waals surface area contributed by atoms with E-state index in [1.807, 2.05) is 24.4 Å². The van der Waals surface area contributed by atoms with E-state index in [9.17, 15) is 0 Å². The summed E-state index contributed by atoms with van der Waals surface area (Å²) >= 11 is 0. The molecule has 0 aliphatic carbocycles. The normalized spacial score (nSPS) is 15.1. The van der Waals surface area contributed by atoms with Gasteiger partial charge in [-0.3, -0.25) is 9.89 Å². The molecule has 2 N–H and O–H groups in total. The summed E-state index contributed by atoms with van der Waals surface area (Å²) in [6, 6.07) is 14.8. The van der Waals surface area contributed by atoms with Crippen molar-refractivity contribution in [2.75, 3.05) is 20.1 Å². The standard InChI is InChI=1S/C24H31N7/c1-25-24(28-18-22-10-12-26-23(16-22)31-15-5-11-29-31)27-17-20-6-8-21(9-7-20)19-30-13-3-2-4-14-30/h5-12,15-16H,2-4,13-14,17-19H2,1H3,(H2,25,27,28). The molecule has 0 spiro atoms. The average Bonchev–Trinajstić information content (AvgIpc) is 3.36. The lowest BCUT2D eigenvalue weighted by Gasteiger charge is -2.26. The molecule has 7 nitrogen and oxygen atoms in total. The highest BCUT2D eigenvalue weighted by atomic mass is 15.3. The van der Waals surface area contributed by atoms with Crippen molar-refractivity contribution in [2.24, 2.45) is 4.99 Å². The van der Waals surface area contributed by atoms with Crippen molar-refractivity contribution < 1.29 is 0 Å². The van der Waals surface area contributed by atoms with Gasteiger partial charge in [-0.15, -0.1) is 0 Å². The molecule has 3 heterocycles. The summed E-state index contributed by atoms with van der Waals surface area (Å²) in [5, 5.41) is 11.0. The van der Waals surface area contributed by atoms with E-state index in [4.69, 9.17) is 0 Å². The Morgan fingerprint density at radius 3 is 2.39 bits per heavy atom. The second-order valence-electron chi connectivity index (χ2n) is 7.91. The number of rotatable bonds is 7. The fourth-order valence-electron chi connectivity index (χ4n) is 3.83. The van der Waals surface area contributed by atoms with Crippen molar-refractivity contribution in [3.63, 3.8) is 0 Å². The molecule has 1 aliphatic rings. The van der Waals surface area contributed by atoms with Crippen molar-refractivity contribution in [3.8, 4) is 5.82 Å². The topological polar surface area (TPSA) is 70.4 Å². The van der Waals surface area contributed by atoms with Crippen LogP contribution in [0.5, 0.6) is 0 Å². The van der Waals surface area contributed by atoms with Gasteiger partial charge in [-0.1, -0.05) is 30.7 Å². The van der Waals surface area contributed by atoms with Crippen molar-refractivity contribution in [1.82, 2.24) is 30.3 Å². The van der Waals surface area contributed by atoms with Crippen LogP contribution in [0, 0.1) is 0 Å². The lowest BCUT2D eigenvalue weighted by atomic mass is 10.1. The fraction of sp³-hybridized carbons (Fsp3) is 0.375. The zero-order valence-electron chi connectivity index (χ0n) is 18.2. The molecule has 7 heteroatoms. The second kappa shape index (κ2) is 10.7. The lowest BCUT2D eigenvalue weighted by molar-refractivity contribution is 0.221. The van der Waals surface area contributed by atoms with Crippen molar-refractivity contribution in [1.29, 1.82) is 0 Å². The monoisotopic (exact) mass is 417 g/mol. The van der Waals surface area contributed by atoms with E-state index in [0.717, 1.165) is 30.4 Å². The quantitative estimate of drug-likeness (QED) is 0.457. The molecule has 0 unspecified atom stereocenters. The van der Waals surface area contributed by atoms with Gasteiger partial charge in [-0.2, -0.15) is 5.10 Å². The molecule has 0 radical (unpaired) electrons. The van der Waals surface area contributed by atoms with Gasteiger partial charge in [0.2, 0.25) is 0 Å². The maximum atomic E-state index is 4.37. The SMILES string of the molecule is CN=C(NCc1ccc(CN2CCCCC2)cc1)NCc1ccnc(-n2cccn2)c1. The third-order valence-electron chi connectivity index (χ3n) is 5.57. The number of piperidine rings is 1. The number of nitrogens with one attached hydrogen (secondary N) is 2. The van der Waals surface area contributed by atoms with Crippen LogP contribution in [0.15, 0.2) is 66.0 Å². The smallest absolute Gasteiger partial charge is 0.191 e. The number of hydrogen-bond donors (Lipinski definition) is 2. The Kier molecular flexibility index (Phi) is 7.28. The summed E-state index contributed by atoms with van der Waals surface area (Å²) in [5.74, 6) is 1.58.